The number of aromatic nitrogens is 2. The summed E-state index contributed by atoms with van der Waals surface area (Å²) in [4.78, 5) is 11.2. The van der Waals surface area contributed by atoms with E-state index in [1.807, 2.05) is 12.1 Å². The molecule has 5 nitrogen and oxygen atoms in total. The molecule has 0 aliphatic carbocycles. The summed E-state index contributed by atoms with van der Waals surface area (Å²) in [5.74, 6) is 1.07. The van der Waals surface area contributed by atoms with E-state index in [0.717, 1.165) is 18.8 Å². The maximum absolute atomic E-state index is 13.7. The number of hydrogen-bond acceptors (Lipinski definition) is 5. The van der Waals surface area contributed by atoms with E-state index < -0.39 is 0 Å². The van der Waals surface area contributed by atoms with Gasteiger partial charge in [-0.2, -0.15) is 4.98 Å². The van der Waals surface area contributed by atoms with Crippen LogP contribution in [0.25, 0.3) is 0 Å². The lowest BCUT2D eigenvalue weighted by atomic mass is 10.1. The van der Waals surface area contributed by atoms with Crippen molar-refractivity contribution in [2.24, 2.45) is 0 Å². The standard InChI is InChI=1S/C23H26FN5/c24-21-7-3-2-6-18(21)12-14-25-22-13-15-26-23(28-22)27-19-8-10-20(11-9-19)29-16-4-1-5-17-29/h2-3,6-11,13,15H,1,4-5,12,14,16-17H2,(H2,25,26,27,28). The summed E-state index contributed by atoms with van der Waals surface area (Å²) in [6.07, 6.45) is 6.17. The molecule has 0 radical (unpaired) electrons. The van der Waals surface area contributed by atoms with Gasteiger partial charge in [-0.05, 0) is 67.6 Å². The molecule has 29 heavy (non-hydrogen) atoms. The number of hydrogen-bond donors (Lipinski definition) is 2. The first-order chi connectivity index (χ1) is 14.3. The first kappa shape index (κ1) is 19.2. The van der Waals surface area contributed by atoms with E-state index in [1.54, 1.807) is 18.3 Å². The van der Waals surface area contributed by atoms with E-state index in [0.29, 0.717) is 30.3 Å². The number of halogens is 1. The Hall–Kier alpha value is -3.15. The van der Waals surface area contributed by atoms with E-state index in [2.05, 4.69) is 49.8 Å². The van der Waals surface area contributed by atoms with Gasteiger partial charge in [-0.15, -0.1) is 0 Å². The van der Waals surface area contributed by atoms with Crippen molar-refractivity contribution in [3.05, 3.63) is 72.2 Å². The van der Waals surface area contributed by atoms with Crippen LogP contribution in [0, 0.1) is 5.82 Å². The SMILES string of the molecule is Fc1ccccc1CCNc1ccnc(Nc2ccc(N3CCCCC3)cc2)n1. The van der Waals surface area contributed by atoms with Crippen LogP contribution in [0.4, 0.5) is 27.5 Å². The molecule has 2 N–H and O–H groups in total. The average Bonchev–Trinajstić information content (AvgIpc) is 2.77. The molecule has 6 heteroatoms. The molecule has 1 fully saturated rings. The molecule has 0 spiro atoms. The highest BCUT2D eigenvalue weighted by molar-refractivity contribution is 5.60. The number of anilines is 4. The molecular formula is C23H26FN5. The smallest absolute Gasteiger partial charge is 0.229 e. The van der Waals surface area contributed by atoms with Crippen molar-refractivity contribution in [1.82, 2.24) is 9.97 Å². The molecule has 1 aromatic heterocycles. The molecule has 0 amide bonds. The molecule has 1 saturated heterocycles. The van der Waals surface area contributed by atoms with Gasteiger partial charge in [0.15, 0.2) is 0 Å². The molecule has 2 aromatic carbocycles. The summed E-state index contributed by atoms with van der Waals surface area (Å²) in [5, 5.41) is 6.49. The predicted octanol–water partition coefficient (Wildman–Crippen LogP) is 5.00. The van der Waals surface area contributed by atoms with E-state index in [1.165, 1.54) is 31.0 Å². The summed E-state index contributed by atoms with van der Waals surface area (Å²) in [5.41, 5.74) is 2.91. The summed E-state index contributed by atoms with van der Waals surface area (Å²) in [6.45, 7) is 2.87. The Morgan fingerprint density at radius 3 is 2.52 bits per heavy atom. The third-order valence-electron chi connectivity index (χ3n) is 5.16. The molecule has 3 aromatic rings. The fourth-order valence-corrected chi connectivity index (χ4v) is 3.58. The molecule has 0 bridgehead atoms. The van der Waals surface area contributed by atoms with Gasteiger partial charge in [0.25, 0.3) is 0 Å². The maximum Gasteiger partial charge on any atom is 0.229 e. The van der Waals surface area contributed by atoms with Gasteiger partial charge in [-0.25, -0.2) is 9.37 Å². The number of piperidine rings is 1. The molecular weight excluding hydrogens is 365 g/mol. The van der Waals surface area contributed by atoms with E-state index >= 15 is 0 Å². The molecule has 1 aliphatic heterocycles. The third-order valence-corrected chi connectivity index (χ3v) is 5.16. The van der Waals surface area contributed by atoms with E-state index in [-0.39, 0.29) is 5.82 Å². The van der Waals surface area contributed by atoms with Gasteiger partial charge < -0.3 is 15.5 Å². The highest BCUT2D eigenvalue weighted by Crippen LogP contribution is 2.23. The molecule has 150 valence electrons. The lowest BCUT2D eigenvalue weighted by molar-refractivity contribution is 0.578. The molecule has 0 atom stereocenters. The van der Waals surface area contributed by atoms with Crippen molar-refractivity contribution in [2.75, 3.05) is 35.2 Å². The van der Waals surface area contributed by atoms with Gasteiger partial charge in [-0.3, -0.25) is 0 Å². The second kappa shape index (κ2) is 9.37. The van der Waals surface area contributed by atoms with Gasteiger partial charge in [0.1, 0.15) is 11.6 Å². The lowest BCUT2D eigenvalue weighted by Gasteiger charge is -2.28. The van der Waals surface area contributed by atoms with Crippen molar-refractivity contribution < 1.29 is 4.39 Å². The van der Waals surface area contributed by atoms with Gasteiger partial charge in [0.05, 0.1) is 0 Å². The van der Waals surface area contributed by atoms with Crippen LogP contribution in [0.5, 0.6) is 0 Å². The summed E-state index contributed by atoms with van der Waals surface area (Å²) in [6, 6.07) is 17.1. The first-order valence-corrected chi connectivity index (χ1v) is 10.2. The quantitative estimate of drug-likeness (QED) is 0.593. The Bertz CT molecular complexity index is 923. The minimum atomic E-state index is -0.174. The number of rotatable bonds is 7. The van der Waals surface area contributed by atoms with Crippen LogP contribution in [0.15, 0.2) is 60.8 Å². The van der Waals surface area contributed by atoms with Crippen LogP contribution in [0.1, 0.15) is 24.8 Å². The Kier molecular flexibility index (Phi) is 6.19. The van der Waals surface area contributed by atoms with Crippen LogP contribution < -0.4 is 15.5 Å². The minimum absolute atomic E-state index is 0.174. The number of nitrogens with one attached hydrogen (secondary N) is 2. The highest BCUT2D eigenvalue weighted by atomic mass is 19.1. The molecule has 4 rings (SSSR count). The molecule has 2 heterocycles. The zero-order valence-electron chi connectivity index (χ0n) is 16.4. The van der Waals surface area contributed by atoms with Crippen LogP contribution in [0.3, 0.4) is 0 Å². The Morgan fingerprint density at radius 2 is 1.72 bits per heavy atom. The average molecular weight is 391 g/mol. The Morgan fingerprint density at radius 1 is 0.931 bits per heavy atom. The molecule has 0 unspecified atom stereocenters. The summed E-state index contributed by atoms with van der Waals surface area (Å²) < 4.78 is 13.7. The van der Waals surface area contributed by atoms with Crippen LogP contribution in [0.2, 0.25) is 0 Å². The molecule has 1 aliphatic rings. The van der Waals surface area contributed by atoms with Gasteiger partial charge >= 0.3 is 0 Å². The second-order valence-corrected chi connectivity index (χ2v) is 7.25. The zero-order chi connectivity index (χ0) is 19.9. The fourth-order valence-electron chi connectivity index (χ4n) is 3.58. The van der Waals surface area contributed by atoms with Crippen LogP contribution in [-0.4, -0.2) is 29.6 Å². The van der Waals surface area contributed by atoms with Crippen molar-refractivity contribution >= 4 is 23.1 Å². The lowest BCUT2D eigenvalue weighted by Crippen LogP contribution is -2.29. The Labute approximate surface area is 171 Å². The fraction of sp³-hybridized carbons (Fsp3) is 0.304. The van der Waals surface area contributed by atoms with Crippen LogP contribution in [-0.2, 0) is 6.42 Å². The zero-order valence-corrected chi connectivity index (χ0v) is 16.4. The largest absolute Gasteiger partial charge is 0.372 e. The third kappa shape index (κ3) is 5.22. The normalized spacial score (nSPS) is 13.9. The minimum Gasteiger partial charge on any atom is -0.372 e. The van der Waals surface area contributed by atoms with Gasteiger partial charge in [-0.1, -0.05) is 18.2 Å². The maximum atomic E-state index is 13.7. The number of nitrogens with zero attached hydrogens (tertiary/aromatic N) is 3. The first-order valence-electron chi connectivity index (χ1n) is 10.2. The monoisotopic (exact) mass is 391 g/mol. The predicted molar refractivity (Wildman–Crippen MR) is 116 cm³/mol. The van der Waals surface area contributed by atoms with Crippen molar-refractivity contribution in [3.63, 3.8) is 0 Å². The topological polar surface area (TPSA) is 53.1 Å². The van der Waals surface area contributed by atoms with Crippen molar-refractivity contribution in [1.29, 1.82) is 0 Å². The van der Waals surface area contributed by atoms with Crippen molar-refractivity contribution in [2.45, 2.75) is 25.7 Å². The second-order valence-electron chi connectivity index (χ2n) is 7.25. The Balaban J connectivity index is 1.33. The highest BCUT2D eigenvalue weighted by Gasteiger charge is 2.10. The summed E-state index contributed by atoms with van der Waals surface area (Å²) >= 11 is 0. The molecule has 0 saturated carbocycles. The number of benzene rings is 2. The van der Waals surface area contributed by atoms with E-state index in [4.69, 9.17) is 0 Å². The van der Waals surface area contributed by atoms with Gasteiger partial charge in [0.2, 0.25) is 5.95 Å². The van der Waals surface area contributed by atoms with Crippen molar-refractivity contribution in [3.8, 4) is 0 Å². The summed E-state index contributed by atoms with van der Waals surface area (Å²) in [7, 11) is 0. The van der Waals surface area contributed by atoms with Crippen LogP contribution >= 0.6 is 0 Å². The van der Waals surface area contributed by atoms with Gasteiger partial charge in [0, 0.05) is 37.2 Å². The van der Waals surface area contributed by atoms with E-state index in [9.17, 15) is 4.39 Å².